The molecular weight excluding hydrogens is 378 g/mol. The highest BCUT2D eigenvalue weighted by Crippen LogP contribution is 2.27. The van der Waals surface area contributed by atoms with Crippen molar-refractivity contribution >= 4 is 16.9 Å². The molecule has 2 aliphatic heterocycles. The maximum absolute atomic E-state index is 5.44. The summed E-state index contributed by atoms with van der Waals surface area (Å²) in [7, 11) is 2.02. The van der Waals surface area contributed by atoms with Crippen LogP contribution in [-0.2, 0) is 18.2 Å². The lowest BCUT2D eigenvalue weighted by Gasteiger charge is -2.26. The number of fused-ring (bicyclic) bond motifs is 1. The van der Waals surface area contributed by atoms with E-state index in [0.717, 1.165) is 81.5 Å². The van der Waals surface area contributed by atoms with E-state index in [4.69, 9.17) is 14.8 Å². The molecule has 0 amide bonds. The number of benzene rings is 1. The molecule has 0 radical (unpaired) electrons. The number of hydrogen-bond donors (Lipinski definition) is 2. The summed E-state index contributed by atoms with van der Waals surface area (Å²) in [5.41, 5.74) is 4.34. The van der Waals surface area contributed by atoms with Gasteiger partial charge < -0.3 is 20.3 Å². The normalized spacial score (nSPS) is 20.0. The van der Waals surface area contributed by atoms with E-state index in [9.17, 15) is 0 Å². The minimum Gasteiger partial charge on any atom is -0.378 e. The van der Waals surface area contributed by atoms with Gasteiger partial charge in [0.15, 0.2) is 0 Å². The molecule has 0 saturated carbocycles. The van der Waals surface area contributed by atoms with E-state index in [-0.39, 0.29) is 0 Å². The molecule has 0 aliphatic carbocycles. The zero-order valence-electron chi connectivity index (χ0n) is 17.5. The molecule has 2 N–H and O–H groups in total. The van der Waals surface area contributed by atoms with Gasteiger partial charge in [0, 0.05) is 63.0 Å². The van der Waals surface area contributed by atoms with Crippen LogP contribution in [0, 0.1) is 0 Å². The number of nitrogens with zero attached hydrogens (tertiary/aromatic N) is 5. The first-order valence-corrected chi connectivity index (χ1v) is 10.8. The predicted octanol–water partition coefficient (Wildman–Crippen LogP) is 1.36. The number of morpholine rings is 1. The largest absolute Gasteiger partial charge is 0.378 e. The van der Waals surface area contributed by atoms with Crippen molar-refractivity contribution in [2.75, 3.05) is 50.8 Å². The molecule has 30 heavy (non-hydrogen) atoms. The average Bonchev–Trinajstić information content (AvgIpc) is 3.14. The van der Waals surface area contributed by atoms with Crippen LogP contribution in [0.1, 0.15) is 12.1 Å². The van der Waals surface area contributed by atoms with Crippen LogP contribution in [-0.4, -0.2) is 71.7 Å². The molecule has 8 nitrogen and oxygen atoms in total. The Morgan fingerprint density at radius 1 is 1.17 bits per heavy atom. The monoisotopic (exact) mass is 407 g/mol. The molecule has 3 aromatic rings. The maximum Gasteiger partial charge on any atom is 0.226 e. The maximum atomic E-state index is 5.44. The van der Waals surface area contributed by atoms with Crippen molar-refractivity contribution in [3.63, 3.8) is 0 Å². The first-order chi connectivity index (χ1) is 14.8. The fraction of sp³-hybridized carbons (Fsp3) is 0.500. The molecule has 1 unspecified atom stereocenters. The van der Waals surface area contributed by atoms with E-state index >= 15 is 0 Å². The number of anilines is 1. The van der Waals surface area contributed by atoms with Gasteiger partial charge in [0.1, 0.15) is 0 Å². The molecule has 0 spiro atoms. The van der Waals surface area contributed by atoms with E-state index in [1.807, 2.05) is 24.0 Å². The number of aromatic nitrogens is 4. The summed E-state index contributed by atoms with van der Waals surface area (Å²) in [5, 5.41) is 13.1. The van der Waals surface area contributed by atoms with Gasteiger partial charge in [0.25, 0.3) is 0 Å². The van der Waals surface area contributed by atoms with Gasteiger partial charge in [-0.2, -0.15) is 5.10 Å². The van der Waals surface area contributed by atoms with Gasteiger partial charge in [-0.3, -0.25) is 4.68 Å². The molecule has 2 fully saturated rings. The van der Waals surface area contributed by atoms with Gasteiger partial charge in [0.2, 0.25) is 5.95 Å². The summed E-state index contributed by atoms with van der Waals surface area (Å²) >= 11 is 0. The van der Waals surface area contributed by atoms with Gasteiger partial charge in [-0.05, 0) is 25.0 Å². The second kappa shape index (κ2) is 8.67. The van der Waals surface area contributed by atoms with Crippen molar-refractivity contribution in [1.82, 2.24) is 30.4 Å². The molecular formula is C22H29N7O. The summed E-state index contributed by atoms with van der Waals surface area (Å²) in [6, 6.07) is 9.03. The molecule has 158 valence electrons. The Balaban J connectivity index is 1.38. The number of piperazine rings is 1. The Morgan fingerprint density at radius 2 is 2.07 bits per heavy atom. The topological polar surface area (TPSA) is 80.1 Å². The van der Waals surface area contributed by atoms with Gasteiger partial charge >= 0.3 is 0 Å². The van der Waals surface area contributed by atoms with Gasteiger partial charge in [-0.1, -0.05) is 12.1 Å². The molecule has 2 aromatic heterocycles. The van der Waals surface area contributed by atoms with Crippen LogP contribution in [0.15, 0.2) is 30.5 Å². The highest BCUT2D eigenvalue weighted by Gasteiger charge is 2.17. The van der Waals surface area contributed by atoms with Crippen LogP contribution in [0.25, 0.3) is 22.2 Å². The summed E-state index contributed by atoms with van der Waals surface area (Å²) in [4.78, 5) is 11.5. The standard InChI is InChI=1S/C22H29N7O/c1-28-21-14-16(19-6-7-25-22(26-19)29-10-12-30-13-11-29)2-4-18(21)20(27-28)5-3-17-15-23-8-9-24-17/h2,4,6-7,14,17,23-24H,3,5,8-13,15H2,1H3. The number of nitrogens with one attached hydrogen (secondary N) is 2. The number of ether oxygens (including phenoxy) is 1. The molecule has 1 atom stereocenters. The Bertz CT molecular complexity index is 1010. The van der Waals surface area contributed by atoms with E-state index in [2.05, 4.69) is 38.7 Å². The fourth-order valence-electron chi connectivity index (χ4n) is 4.33. The fourth-order valence-corrected chi connectivity index (χ4v) is 4.33. The minimum atomic E-state index is 0.523. The Labute approximate surface area is 176 Å². The van der Waals surface area contributed by atoms with Crippen LogP contribution >= 0.6 is 0 Å². The van der Waals surface area contributed by atoms with Crippen molar-refractivity contribution in [3.05, 3.63) is 36.2 Å². The van der Waals surface area contributed by atoms with Crippen LogP contribution in [0.3, 0.4) is 0 Å². The van der Waals surface area contributed by atoms with E-state index in [1.165, 1.54) is 11.1 Å². The molecule has 2 aliphatic rings. The third kappa shape index (κ3) is 4.03. The van der Waals surface area contributed by atoms with Crippen molar-refractivity contribution in [1.29, 1.82) is 0 Å². The number of hydrogen-bond acceptors (Lipinski definition) is 7. The lowest BCUT2D eigenvalue weighted by molar-refractivity contribution is 0.122. The van der Waals surface area contributed by atoms with Crippen molar-refractivity contribution in [2.45, 2.75) is 18.9 Å². The Morgan fingerprint density at radius 3 is 2.90 bits per heavy atom. The van der Waals surface area contributed by atoms with E-state index < -0.39 is 0 Å². The number of aryl methyl sites for hydroxylation is 2. The molecule has 2 saturated heterocycles. The molecule has 1 aromatic carbocycles. The summed E-state index contributed by atoms with van der Waals surface area (Å²) in [6.45, 7) is 6.25. The zero-order valence-corrected chi connectivity index (χ0v) is 17.5. The molecule has 5 rings (SSSR count). The van der Waals surface area contributed by atoms with Crippen molar-refractivity contribution < 1.29 is 4.74 Å². The van der Waals surface area contributed by atoms with Gasteiger partial charge in [0.05, 0.1) is 30.1 Å². The highest BCUT2D eigenvalue weighted by molar-refractivity contribution is 5.86. The van der Waals surface area contributed by atoms with Crippen LogP contribution < -0.4 is 15.5 Å². The second-order valence-electron chi connectivity index (χ2n) is 8.04. The second-order valence-corrected chi connectivity index (χ2v) is 8.04. The van der Waals surface area contributed by atoms with Crippen LogP contribution in [0.5, 0.6) is 0 Å². The quantitative estimate of drug-likeness (QED) is 0.661. The first kappa shape index (κ1) is 19.4. The zero-order chi connectivity index (χ0) is 20.3. The van der Waals surface area contributed by atoms with Gasteiger partial charge in [-0.15, -0.1) is 0 Å². The van der Waals surface area contributed by atoms with E-state index in [0.29, 0.717) is 6.04 Å². The average molecular weight is 408 g/mol. The Hall–Kier alpha value is -2.55. The minimum absolute atomic E-state index is 0.523. The lowest BCUT2D eigenvalue weighted by Crippen LogP contribution is -2.48. The van der Waals surface area contributed by atoms with Crippen molar-refractivity contribution in [2.24, 2.45) is 7.05 Å². The summed E-state index contributed by atoms with van der Waals surface area (Å²) in [6.07, 6.45) is 3.91. The molecule has 0 bridgehead atoms. The Kier molecular flexibility index (Phi) is 5.61. The summed E-state index contributed by atoms with van der Waals surface area (Å²) < 4.78 is 7.43. The van der Waals surface area contributed by atoms with Gasteiger partial charge in [-0.25, -0.2) is 9.97 Å². The number of rotatable bonds is 5. The van der Waals surface area contributed by atoms with Crippen LogP contribution in [0.4, 0.5) is 5.95 Å². The van der Waals surface area contributed by atoms with E-state index in [1.54, 1.807) is 0 Å². The van der Waals surface area contributed by atoms with Crippen molar-refractivity contribution in [3.8, 4) is 11.3 Å². The summed E-state index contributed by atoms with van der Waals surface area (Å²) in [5.74, 6) is 0.773. The highest BCUT2D eigenvalue weighted by atomic mass is 16.5. The lowest BCUT2D eigenvalue weighted by atomic mass is 10.0. The smallest absolute Gasteiger partial charge is 0.226 e. The van der Waals surface area contributed by atoms with Crippen LogP contribution in [0.2, 0.25) is 0 Å². The first-order valence-electron chi connectivity index (χ1n) is 10.8. The third-order valence-corrected chi connectivity index (χ3v) is 6.02. The molecule has 8 heteroatoms. The third-order valence-electron chi connectivity index (χ3n) is 6.02. The SMILES string of the molecule is Cn1nc(CCC2CNCCN2)c2ccc(-c3ccnc(N4CCOCC4)n3)cc21. The predicted molar refractivity (Wildman–Crippen MR) is 118 cm³/mol. The molecule has 4 heterocycles.